The van der Waals surface area contributed by atoms with E-state index in [9.17, 15) is 9.18 Å². The highest BCUT2D eigenvalue weighted by molar-refractivity contribution is 7.99. The quantitative estimate of drug-likeness (QED) is 0.413. The number of amides is 1. The first-order chi connectivity index (χ1) is 16.5. The van der Waals surface area contributed by atoms with Crippen LogP contribution in [0, 0.1) is 5.82 Å². The molecule has 1 amide bonds. The largest absolute Gasteiger partial charge is 0.443 e. The van der Waals surface area contributed by atoms with Crippen molar-refractivity contribution in [2.24, 2.45) is 0 Å². The molecule has 3 heterocycles. The Hall–Kier alpha value is -2.65. The molecule has 1 aromatic carbocycles. The van der Waals surface area contributed by atoms with E-state index in [4.69, 9.17) is 9.84 Å². The summed E-state index contributed by atoms with van der Waals surface area (Å²) in [7, 11) is 2.14. The van der Waals surface area contributed by atoms with Gasteiger partial charge in [0.25, 0.3) is 0 Å². The van der Waals surface area contributed by atoms with Crippen molar-refractivity contribution in [3.05, 3.63) is 48.0 Å². The molecule has 3 aromatic rings. The van der Waals surface area contributed by atoms with Gasteiger partial charge in [-0.1, -0.05) is 19.9 Å². The molecule has 0 unspecified atom stereocenters. The van der Waals surface area contributed by atoms with E-state index < -0.39 is 17.5 Å². The Morgan fingerprint density at radius 2 is 1.94 bits per heavy atom. The summed E-state index contributed by atoms with van der Waals surface area (Å²) in [6.45, 7) is 11.7. The maximum atomic E-state index is 14.3. The number of rotatable bonds is 5. The molecule has 7 nitrogen and oxygen atoms in total. The summed E-state index contributed by atoms with van der Waals surface area (Å²) in [6, 6.07) is 7.84. The standard InChI is InChI=1S/C26H34FN5O2S/c1-17(2)22-16-28-24-21(15-23(29-32(22)24)35-20-10-12-30(6)13-11-20)31(25(33)34-26(3,4)5)19-9-7-8-18(27)14-19/h7-9,14-17,20H,10-13H2,1-6H3. The van der Waals surface area contributed by atoms with E-state index in [0.717, 1.165) is 36.7 Å². The zero-order chi connectivity index (χ0) is 25.3. The van der Waals surface area contributed by atoms with Crippen molar-refractivity contribution < 1.29 is 13.9 Å². The molecular weight excluding hydrogens is 465 g/mol. The van der Waals surface area contributed by atoms with Crippen LogP contribution in [-0.2, 0) is 4.74 Å². The van der Waals surface area contributed by atoms with Crippen molar-refractivity contribution >= 4 is 34.9 Å². The smallest absolute Gasteiger partial charge is 0.419 e. The molecule has 0 N–H and O–H groups in total. The maximum Gasteiger partial charge on any atom is 0.419 e. The Kier molecular flexibility index (Phi) is 7.38. The van der Waals surface area contributed by atoms with Crippen molar-refractivity contribution in [3.63, 3.8) is 0 Å². The number of thioether (sulfide) groups is 1. The Morgan fingerprint density at radius 3 is 2.57 bits per heavy atom. The molecule has 1 aliphatic rings. The predicted octanol–water partition coefficient (Wildman–Crippen LogP) is 6.25. The molecule has 0 radical (unpaired) electrons. The number of anilines is 2. The number of ether oxygens (including phenoxy) is 1. The molecule has 35 heavy (non-hydrogen) atoms. The van der Waals surface area contributed by atoms with E-state index >= 15 is 0 Å². The third kappa shape index (κ3) is 5.95. The monoisotopic (exact) mass is 499 g/mol. The zero-order valence-electron chi connectivity index (χ0n) is 21.3. The van der Waals surface area contributed by atoms with Gasteiger partial charge in [-0.3, -0.25) is 0 Å². The predicted molar refractivity (Wildman–Crippen MR) is 138 cm³/mol. The third-order valence-electron chi connectivity index (χ3n) is 5.88. The van der Waals surface area contributed by atoms with Gasteiger partial charge in [0, 0.05) is 11.3 Å². The van der Waals surface area contributed by atoms with Gasteiger partial charge in [-0.25, -0.2) is 23.6 Å². The number of hydrogen-bond acceptors (Lipinski definition) is 6. The van der Waals surface area contributed by atoms with Gasteiger partial charge in [0.1, 0.15) is 16.4 Å². The highest BCUT2D eigenvalue weighted by Gasteiger charge is 2.29. The van der Waals surface area contributed by atoms with Gasteiger partial charge in [0.2, 0.25) is 0 Å². The topological polar surface area (TPSA) is 63.0 Å². The first-order valence-electron chi connectivity index (χ1n) is 12.0. The number of carbonyl (C=O) groups is 1. The molecule has 4 rings (SSSR count). The lowest BCUT2D eigenvalue weighted by Crippen LogP contribution is -2.34. The van der Waals surface area contributed by atoms with Crippen LogP contribution in [0.4, 0.5) is 20.6 Å². The molecule has 9 heteroatoms. The van der Waals surface area contributed by atoms with Gasteiger partial charge in [0.15, 0.2) is 5.65 Å². The average Bonchev–Trinajstić information content (AvgIpc) is 3.19. The van der Waals surface area contributed by atoms with E-state index in [1.54, 1.807) is 30.1 Å². The van der Waals surface area contributed by atoms with Gasteiger partial charge in [-0.15, -0.1) is 11.8 Å². The van der Waals surface area contributed by atoms with Gasteiger partial charge in [0.05, 0.1) is 23.3 Å². The minimum atomic E-state index is -0.726. The van der Waals surface area contributed by atoms with Crippen molar-refractivity contribution in [1.29, 1.82) is 0 Å². The Balaban J connectivity index is 1.86. The van der Waals surface area contributed by atoms with E-state index in [1.807, 2.05) is 31.4 Å². The van der Waals surface area contributed by atoms with Crippen LogP contribution in [-0.4, -0.2) is 56.6 Å². The normalized spacial score (nSPS) is 15.7. The average molecular weight is 500 g/mol. The Bertz CT molecular complexity index is 1200. The number of aromatic nitrogens is 3. The fraction of sp³-hybridized carbons (Fsp3) is 0.500. The highest BCUT2D eigenvalue weighted by Crippen LogP contribution is 2.37. The summed E-state index contributed by atoms with van der Waals surface area (Å²) in [5, 5.41) is 6.14. The summed E-state index contributed by atoms with van der Waals surface area (Å²) in [5.74, 6) is -0.258. The molecule has 1 aliphatic heterocycles. The van der Waals surface area contributed by atoms with Crippen molar-refractivity contribution in [2.75, 3.05) is 25.0 Å². The Labute approximate surface area is 210 Å². The molecule has 1 fully saturated rings. The summed E-state index contributed by atoms with van der Waals surface area (Å²) in [5.41, 5.74) is 1.63. The van der Waals surface area contributed by atoms with Crippen molar-refractivity contribution in [2.45, 2.75) is 69.3 Å². The van der Waals surface area contributed by atoms with Gasteiger partial charge in [-0.2, -0.15) is 5.10 Å². The van der Waals surface area contributed by atoms with Crippen LogP contribution in [0.2, 0.25) is 0 Å². The van der Waals surface area contributed by atoms with Crippen LogP contribution in [0.3, 0.4) is 0 Å². The number of nitrogens with zero attached hydrogens (tertiary/aromatic N) is 5. The number of hydrogen-bond donors (Lipinski definition) is 0. The van der Waals surface area contributed by atoms with E-state index in [1.165, 1.54) is 17.0 Å². The summed E-state index contributed by atoms with van der Waals surface area (Å²) in [4.78, 5) is 21.9. The molecule has 0 bridgehead atoms. The molecule has 0 saturated carbocycles. The molecule has 0 atom stereocenters. The highest BCUT2D eigenvalue weighted by atomic mass is 32.2. The minimum Gasteiger partial charge on any atom is -0.443 e. The lowest BCUT2D eigenvalue weighted by Gasteiger charge is -2.29. The van der Waals surface area contributed by atoms with Crippen LogP contribution in [0.5, 0.6) is 0 Å². The van der Waals surface area contributed by atoms with Crippen LogP contribution in [0.15, 0.2) is 41.6 Å². The number of carbonyl (C=O) groups excluding carboxylic acids is 1. The van der Waals surface area contributed by atoms with Crippen LogP contribution < -0.4 is 4.90 Å². The fourth-order valence-corrected chi connectivity index (χ4v) is 5.20. The zero-order valence-corrected chi connectivity index (χ0v) is 22.1. The molecule has 0 aliphatic carbocycles. The summed E-state index contributed by atoms with van der Waals surface area (Å²) in [6.07, 6.45) is 3.33. The van der Waals surface area contributed by atoms with E-state index in [2.05, 4.69) is 30.8 Å². The number of benzene rings is 1. The number of halogens is 1. The fourth-order valence-electron chi connectivity index (χ4n) is 4.10. The number of piperidine rings is 1. The van der Waals surface area contributed by atoms with E-state index in [0.29, 0.717) is 22.3 Å². The lowest BCUT2D eigenvalue weighted by atomic mass is 10.1. The maximum absolute atomic E-state index is 14.3. The van der Waals surface area contributed by atoms with Crippen LogP contribution >= 0.6 is 11.8 Å². The summed E-state index contributed by atoms with van der Waals surface area (Å²) >= 11 is 1.72. The van der Waals surface area contributed by atoms with Crippen molar-refractivity contribution in [3.8, 4) is 0 Å². The summed E-state index contributed by atoms with van der Waals surface area (Å²) < 4.78 is 21.8. The van der Waals surface area contributed by atoms with Crippen molar-refractivity contribution in [1.82, 2.24) is 19.5 Å². The first kappa shape index (κ1) is 25.4. The number of fused-ring (bicyclic) bond motifs is 1. The van der Waals surface area contributed by atoms with Gasteiger partial charge >= 0.3 is 6.09 Å². The van der Waals surface area contributed by atoms with Crippen LogP contribution in [0.25, 0.3) is 5.65 Å². The third-order valence-corrected chi connectivity index (χ3v) is 7.13. The SMILES string of the molecule is CC(C)c1cnc2c(N(C(=O)OC(C)(C)C)c3cccc(F)c3)cc(SC3CCN(C)CC3)nn12. The second-order valence-electron chi connectivity index (χ2n) is 10.4. The Morgan fingerprint density at radius 1 is 1.23 bits per heavy atom. The van der Waals surface area contributed by atoms with Crippen LogP contribution in [0.1, 0.15) is 59.1 Å². The van der Waals surface area contributed by atoms with E-state index in [-0.39, 0.29) is 5.92 Å². The lowest BCUT2D eigenvalue weighted by molar-refractivity contribution is 0.0599. The number of imidazole rings is 1. The molecule has 2 aromatic heterocycles. The van der Waals surface area contributed by atoms with Gasteiger partial charge < -0.3 is 9.64 Å². The second kappa shape index (κ2) is 10.1. The molecule has 1 saturated heterocycles. The molecule has 0 spiro atoms. The molecular formula is C26H34FN5O2S. The first-order valence-corrected chi connectivity index (χ1v) is 12.9. The minimum absolute atomic E-state index is 0.179. The molecule has 188 valence electrons. The van der Waals surface area contributed by atoms with Gasteiger partial charge in [-0.05, 0) is 77.9 Å². The number of likely N-dealkylation sites (tertiary alicyclic amines) is 1. The second-order valence-corrected chi connectivity index (χ2v) is 11.7.